The van der Waals surface area contributed by atoms with Gasteiger partial charge in [-0.2, -0.15) is 4.98 Å². The highest BCUT2D eigenvalue weighted by atomic mass is 16.5. The molecule has 1 aliphatic rings. The Kier molecular flexibility index (Phi) is 6.17. The molecule has 0 saturated carbocycles. The van der Waals surface area contributed by atoms with E-state index in [-0.39, 0.29) is 18.7 Å². The molecule has 160 valence electrons. The first-order valence-electron chi connectivity index (χ1n) is 10.2. The van der Waals surface area contributed by atoms with Gasteiger partial charge in [-0.05, 0) is 36.6 Å². The number of nitrogens with zero attached hydrogens (tertiary/aromatic N) is 2. The van der Waals surface area contributed by atoms with Crippen molar-refractivity contribution in [1.82, 2.24) is 9.55 Å². The molecule has 0 amide bonds. The Balaban J connectivity index is 1.38. The van der Waals surface area contributed by atoms with Gasteiger partial charge in [0.25, 0.3) is 0 Å². The van der Waals surface area contributed by atoms with Gasteiger partial charge in [-0.15, -0.1) is 0 Å². The Morgan fingerprint density at radius 2 is 2.10 bits per heavy atom. The Morgan fingerprint density at radius 3 is 2.80 bits per heavy atom. The fraction of sp³-hybridized carbons (Fsp3) is 0.455. The third-order valence-corrected chi connectivity index (χ3v) is 5.35. The average Bonchev–Trinajstić information content (AvgIpc) is 3.33. The summed E-state index contributed by atoms with van der Waals surface area (Å²) in [6.45, 7) is 2.37. The third kappa shape index (κ3) is 4.40. The second kappa shape index (κ2) is 8.99. The number of aliphatic hydroxyl groups excluding tert-OH is 2. The molecule has 1 fully saturated rings. The standard InChI is InChI=1S/C22H26N2O6/c1-2-14-5-7-16(8-6-14)28-9-3-4-17-10-15-12-24(22(27)23-21(15)29-17)20-11-18(26)19(13-25)30-20/h5-8,10,12,18-20,25-26H,2-4,9,11,13H2,1H3. The highest BCUT2D eigenvalue weighted by Crippen LogP contribution is 2.28. The molecule has 1 aliphatic heterocycles. The number of rotatable bonds is 8. The van der Waals surface area contributed by atoms with Crippen LogP contribution in [0.25, 0.3) is 11.1 Å². The zero-order valence-corrected chi connectivity index (χ0v) is 16.9. The van der Waals surface area contributed by atoms with Crippen molar-refractivity contribution in [2.75, 3.05) is 13.2 Å². The molecule has 0 spiro atoms. The summed E-state index contributed by atoms with van der Waals surface area (Å²) in [5, 5.41) is 19.8. The average molecular weight is 414 g/mol. The molecule has 2 N–H and O–H groups in total. The molecule has 3 atom stereocenters. The van der Waals surface area contributed by atoms with E-state index in [0.717, 1.165) is 24.4 Å². The van der Waals surface area contributed by atoms with E-state index in [4.69, 9.17) is 13.9 Å². The van der Waals surface area contributed by atoms with Crippen LogP contribution < -0.4 is 10.4 Å². The first-order valence-corrected chi connectivity index (χ1v) is 10.2. The highest BCUT2D eigenvalue weighted by molar-refractivity contribution is 5.72. The lowest BCUT2D eigenvalue weighted by atomic mass is 10.2. The normalized spacial score (nSPS) is 21.4. The Morgan fingerprint density at radius 1 is 1.30 bits per heavy atom. The monoisotopic (exact) mass is 414 g/mol. The smallest absolute Gasteiger partial charge is 0.353 e. The van der Waals surface area contributed by atoms with Crippen LogP contribution in [-0.4, -0.2) is 45.2 Å². The second-order valence-electron chi connectivity index (χ2n) is 7.47. The summed E-state index contributed by atoms with van der Waals surface area (Å²) in [5.41, 5.74) is 1.04. The van der Waals surface area contributed by atoms with E-state index in [2.05, 4.69) is 24.0 Å². The van der Waals surface area contributed by atoms with Gasteiger partial charge < -0.3 is 24.1 Å². The minimum atomic E-state index is -0.819. The molecule has 8 nitrogen and oxygen atoms in total. The molecule has 3 aromatic rings. The molecule has 0 radical (unpaired) electrons. The quantitative estimate of drug-likeness (QED) is 0.544. The lowest BCUT2D eigenvalue weighted by Gasteiger charge is -2.13. The van der Waals surface area contributed by atoms with Crippen LogP contribution in [0.4, 0.5) is 0 Å². The van der Waals surface area contributed by atoms with Crippen molar-refractivity contribution in [2.45, 2.75) is 51.0 Å². The van der Waals surface area contributed by atoms with Gasteiger partial charge in [-0.25, -0.2) is 4.79 Å². The highest BCUT2D eigenvalue weighted by Gasteiger charge is 2.35. The Hall–Kier alpha value is -2.68. The van der Waals surface area contributed by atoms with E-state index in [9.17, 15) is 15.0 Å². The lowest BCUT2D eigenvalue weighted by Crippen LogP contribution is -2.27. The van der Waals surface area contributed by atoms with Gasteiger partial charge in [0.2, 0.25) is 5.71 Å². The zero-order valence-electron chi connectivity index (χ0n) is 16.9. The molecular weight excluding hydrogens is 388 g/mol. The van der Waals surface area contributed by atoms with E-state index in [1.165, 1.54) is 10.1 Å². The van der Waals surface area contributed by atoms with Crippen LogP contribution in [0.2, 0.25) is 0 Å². The predicted octanol–water partition coefficient (Wildman–Crippen LogP) is 2.20. The number of aromatic nitrogens is 2. The van der Waals surface area contributed by atoms with Crippen LogP contribution in [0.1, 0.15) is 37.3 Å². The minimum absolute atomic E-state index is 0.222. The fourth-order valence-corrected chi connectivity index (χ4v) is 3.61. The van der Waals surface area contributed by atoms with Crippen molar-refractivity contribution in [2.24, 2.45) is 0 Å². The second-order valence-corrected chi connectivity index (χ2v) is 7.47. The SMILES string of the molecule is CCc1ccc(OCCCc2cc3cn(C4CC(O)C(CO)O4)c(=O)nc3o2)cc1. The summed E-state index contributed by atoms with van der Waals surface area (Å²) in [4.78, 5) is 16.3. The summed E-state index contributed by atoms with van der Waals surface area (Å²) >= 11 is 0. The molecule has 1 saturated heterocycles. The van der Waals surface area contributed by atoms with Gasteiger partial charge in [-0.1, -0.05) is 19.1 Å². The van der Waals surface area contributed by atoms with Gasteiger partial charge in [0.05, 0.1) is 24.7 Å². The van der Waals surface area contributed by atoms with Gasteiger partial charge in [0.1, 0.15) is 23.8 Å². The van der Waals surface area contributed by atoms with Crippen molar-refractivity contribution in [3.8, 4) is 5.75 Å². The minimum Gasteiger partial charge on any atom is -0.494 e. The number of fused-ring (bicyclic) bond motifs is 1. The van der Waals surface area contributed by atoms with E-state index in [1.807, 2.05) is 18.2 Å². The topological polar surface area (TPSA) is 107 Å². The Labute approximate surface area is 173 Å². The predicted molar refractivity (Wildman–Crippen MR) is 110 cm³/mol. The first-order chi connectivity index (χ1) is 14.6. The summed E-state index contributed by atoms with van der Waals surface area (Å²) in [6, 6.07) is 9.92. The maximum absolute atomic E-state index is 12.3. The lowest BCUT2D eigenvalue weighted by molar-refractivity contribution is -0.0457. The zero-order chi connectivity index (χ0) is 21.1. The number of aliphatic hydroxyl groups is 2. The molecule has 3 heterocycles. The molecule has 1 aromatic carbocycles. The van der Waals surface area contributed by atoms with Crippen molar-refractivity contribution in [3.05, 3.63) is 58.3 Å². The van der Waals surface area contributed by atoms with Crippen LogP contribution in [0.15, 0.2) is 45.7 Å². The van der Waals surface area contributed by atoms with E-state index >= 15 is 0 Å². The number of hydrogen-bond donors (Lipinski definition) is 2. The number of benzene rings is 1. The van der Waals surface area contributed by atoms with Crippen LogP contribution in [0, 0.1) is 0 Å². The van der Waals surface area contributed by atoms with Gasteiger partial charge >= 0.3 is 5.69 Å². The van der Waals surface area contributed by atoms with Crippen LogP contribution >= 0.6 is 0 Å². The number of aryl methyl sites for hydroxylation is 2. The maximum atomic E-state index is 12.3. The largest absolute Gasteiger partial charge is 0.494 e. The van der Waals surface area contributed by atoms with Crippen molar-refractivity contribution >= 4 is 11.1 Å². The Bertz CT molecular complexity index is 1040. The summed E-state index contributed by atoms with van der Waals surface area (Å²) in [5.74, 6) is 1.57. The van der Waals surface area contributed by atoms with Crippen molar-refractivity contribution < 1.29 is 24.1 Å². The maximum Gasteiger partial charge on any atom is 0.353 e. The molecular formula is C22H26N2O6. The van der Waals surface area contributed by atoms with Gasteiger partial charge in [0, 0.05) is 19.0 Å². The molecule has 0 aliphatic carbocycles. The van der Waals surface area contributed by atoms with E-state index in [1.54, 1.807) is 6.20 Å². The van der Waals surface area contributed by atoms with E-state index in [0.29, 0.717) is 18.4 Å². The van der Waals surface area contributed by atoms with Crippen molar-refractivity contribution in [1.29, 1.82) is 0 Å². The van der Waals surface area contributed by atoms with Gasteiger partial charge in [-0.3, -0.25) is 4.57 Å². The van der Waals surface area contributed by atoms with Crippen LogP contribution in [0.5, 0.6) is 5.75 Å². The van der Waals surface area contributed by atoms with Crippen molar-refractivity contribution in [3.63, 3.8) is 0 Å². The molecule has 30 heavy (non-hydrogen) atoms. The molecule has 3 unspecified atom stereocenters. The molecule has 2 aromatic heterocycles. The summed E-state index contributed by atoms with van der Waals surface area (Å²) in [6.07, 6.45) is 2.09. The number of hydrogen-bond acceptors (Lipinski definition) is 7. The summed E-state index contributed by atoms with van der Waals surface area (Å²) < 4.78 is 18.4. The number of ether oxygens (including phenoxy) is 2. The third-order valence-electron chi connectivity index (χ3n) is 5.35. The van der Waals surface area contributed by atoms with Crippen LogP contribution in [0.3, 0.4) is 0 Å². The fourth-order valence-electron chi connectivity index (χ4n) is 3.61. The molecule has 4 rings (SSSR count). The summed E-state index contributed by atoms with van der Waals surface area (Å²) in [7, 11) is 0. The first kappa shape index (κ1) is 20.6. The molecule has 0 bridgehead atoms. The van der Waals surface area contributed by atoms with Gasteiger partial charge in [0.15, 0.2) is 0 Å². The van der Waals surface area contributed by atoms with E-state index < -0.39 is 24.1 Å². The molecule has 8 heteroatoms. The number of furan rings is 1. The van der Waals surface area contributed by atoms with Crippen LogP contribution in [-0.2, 0) is 17.6 Å².